The van der Waals surface area contributed by atoms with Crippen molar-refractivity contribution in [3.05, 3.63) is 12.2 Å². The van der Waals surface area contributed by atoms with E-state index in [1.807, 2.05) is 0 Å². The SMILES string of the molecule is CC1CCC(N)CC1CC1CC=CC1. The maximum absolute atomic E-state index is 6.05. The summed E-state index contributed by atoms with van der Waals surface area (Å²) in [5.41, 5.74) is 6.05. The van der Waals surface area contributed by atoms with Crippen LogP contribution in [0.15, 0.2) is 12.2 Å². The van der Waals surface area contributed by atoms with Crippen molar-refractivity contribution in [1.29, 1.82) is 0 Å². The van der Waals surface area contributed by atoms with E-state index in [2.05, 4.69) is 19.1 Å². The lowest BCUT2D eigenvalue weighted by Crippen LogP contribution is -2.33. The van der Waals surface area contributed by atoms with Crippen molar-refractivity contribution in [2.45, 2.75) is 51.5 Å². The van der Waals surface area contributed by atoms with Crippen LogP contribution in [0.25, 0.3) is 0 Å². The van der Waals surface area contributed by atoms with Gasteiger partial charge in [-0.25, -0.2) is 0 Å². The number of rotatable bonds is 2. The summed E-state index contributed by atoms with van der Waals surface area (Å²) >= 11 is 0. The van der Waals surface area contributed by atoms with Crippen LogP contribution in [0.2, 0.25) is 0 Å². The quantitative estimate of drug-likeness (QED) is 0.670. The predicted octanol–water partition coefficient (Wildman–Crippen LogP) is 3.11. The van der Waals surface area contributed by atoms with Crippen LogP contribution in [0.3, 0.4) is 0 Å². The van der Waals surface area contributed by atoms with E-state index in [1.54, 1.807) is 0 Å². The Labute approximate surface area is 87.8 Å². The van der Waals surface area contributed by atoms with Gasteiger partial charge in [0.1, 0.15) is 0 Å². The fraction of sp³-hybridized carbons (Fsp3) is 0.846. The van der Waals surface area contributed by atoms with Gasteiger partial charge in [0.25, 0.3) is 0 Å². The summed E-state index contributed by atoms with van der Waals surface area (Å²) < 4.78 is 0. The minimum atomic E-state index is 0.491. The van der Waals surface area contributed by atoms with Crippen LogP contribution in [0.4, 0.5) is 0 Å². The maximum Gasteiger partial charge on any atom is 0.00416 e. The first kappa shape index (κ1) is 10.2. The summed E-state index contributed by atoms with van der Waals surface area (Å²) in [5, 5.41) is 0. The molecule has 0 aromatic heterocycles. The largest absolute Gasteiger partial charge is 0.328 e. The zero-order chi connectivity index (χ0) is 9.97. The highest BCUT2D eigenvalue weighted by Crippen LogP contribution is 2.36. The molecule has 3 unspecified atom stereocenters. The minimum Gasteiger partial charge on any atom is -0.328 e. The van der Waals surface area contributed by atoms with Gasteiger partial charge in [-0.3, -0.25) is 0 Å². The molecule has 1 heteroatoms. The maximum atomic E-state index is 6.05. The second kappa shape index (κ2) is 4.48. The molecule has 1 saturated carbocycles. The van der Waals surface area contributed by atoms with Gasteiger partial charge < -0.3 is 5.73 Å². The molecule has 3 atom stereocenters. The number of nitrogens with two attached hydrogens (primary N) is 1. The molecule has 0 aromatic rings. The molecule has 2 rings (SSSR count). The van der Waals surface area contributed by atoms with Gasteiger partial charge in [-0.15, -0.1) is 0 Å². The molecule has 14 heavy (non-hydrogen) atoms. The van der Waals surface area contributed by atoms with E-state index in [0.717, 1.165) is 17.8 Å². The van der Waals surface area contributed by atoms with Crippen LogP contribution in [-0.4, -0.2) is 6.04 Å². The van der Waals surface area contributed by atoms with Crippen LogP contribution in [0.1, 0.15) is 45.4 Å². The van der Waals surface area contributed by atoms with Crippen molar-refractivity contribution in [3.8, 4) is 0 Å². The first-order valence-electron chi connectivity index (χ1n) is 6.16. The van der Waals surface area contributed by atoms with Crippen LogP contribution >= 0.6 is 0 Å². The highest BCUT2D eigenvalue weighted by atomic mass is 14.6. The van der Waals surface area contributed by atoms with E-state index in [0.29, 0.717) is 6.04 Å². The lowest BCUT2D eigenvalue weighted by molar-refractivity contribution is 0.196. The van der Waals surface area contributed by atoms with E-state index < -0.39 is 0 Å². The fourth-order valence-corrected chi connectivity index (χ4v) is 3.07. The Morgan fingerprint density at radius 3 is 2.64 bits per heavy atom. The van der Waals surface area contributed by atoms with E-state index >= 15 is 0 Å². The third kappa shape index (κ3) is 2.38. The fourth-order valence-electron chi connectivity index (χ4n) is 3.07. The Morgan fingerprint density at radius 1 is 1.21 bits per heavy atom. The topological polar surface area (TPSA) is 26.0 Å². The van der Waals surface area contributed by atoms with E-state index in [1.165, 1.54) is 38.5 Å². The van der Waals surface area contributed by atoms with Gasteiger partial charge in [-0.2, -0.15) is 0 Å². The third-order valence-corrected chi connectivity index (χ3v) is 4.14. The van der Waals surface area contributed by atoms with Crippen molar-refractivity contribution >= 4 is 0 Å². The molecule has 0 saturated heterocycles. The molecule has 2 aliphatic carbocycles. The van der Waals surface area contributed by atoms with Crippen molar-refractivity contribution in [2.24, 2.45) is 23.5 Å². The average molecular weight is 193 g/mol. The molecular formula is C13H23N. The van der Waals surface area contributed by atoms with Crippen molar-refractivity contribution < 1.29 is 0 Å². The Hall–Kier alpha value is -0.300. The molecular weight excluding hydrogens is 170 g/mol. The van der Waals surface area contributed by atoms with Crippen LogP contribution in [-0.2, 0) is 0 Å². The van der Waals surface area contributed by atoms with Crippen molar-refractivity contribution in [2.75, 3.05) is 0 Å². The summed E-state index contributed by atoms with van der Waals surface area (Å²) in [7, 11) is 0. The Morgan fingerprint density at radius 2 is 1.93 bits per heavy atom. The molecule has 0 spiro atoms. The van der Waals surface area contributed by atoms with Crippen molar-refractivity contribution in [3.63, 3.8) is 0 Å². The lowest BCUT2D eigenvalue weighted by atomic mass is 9.74. The number of hydrogen-bond acceptors (Lipinski definition) is 1. The van der Waals surface area contributed by atoms with Gasteiger partial charge in [0, 0.05) is 6.04 Å². The Kier molecular flexibility index (Phi) is 3.27. The Balaban J connectivity index is 1.82. The van der Waals surface area contributed by atoms with Gasteiger partial charge in [-0.05, 0) is 56.3 Å². The number of allylic oxidation sites excluding steroid dienone is 2. The average Bonchev–Trinajstić information content (AvgIpc) is 2.64. The van der Waals surface area contributed by atoms with Gasteiger partial charge in [0.15, 0.2) is 0 Å². The zero-order valence-corrected chi connectivity index (χ0v) is 9.28. The normalized spacial score (nSPS) is 39.1. The first-order chi connectivity index (χ1) is 6.75. The van der Waals surface area contributed by atoms with Gasteiger partial charge in [0.2, 0.25) is 0 Å². The zero-order valence-electron chi connectivity index (χ0n) is 9.28. The molecule has 0 heterocycles. The monoisotopic (exact) mass is 193 g/mol. The molecule has 0 bridgehead atoms. The first-order valence-corrected chi connectivity index (χ1v) is 6.16. The molecule has 0 amide bonds. The van der Waals surface area contributed by atoms with Crippen LogP contribution in [0, 0.1) is 17.8 Å². The van der Waals surface area contributed by atoms with Crippen LogP contribution in [0.5, 0.6) is 0 Å². The summed E-state index contributed by atoms with van der Waals surface area (Å²) in [6, 6.07) is 0.491. The summed E-state index contributed by atoms with van der Waals surface area (Å²) in [6.45, 7) is 2.42. The molecule has 0 radical (unpaired) electrons. The summed E-state index contributed by atoms with van der Waals surface area (Å²) in [4.78, 5) is 0. The Bertz CT molecular complexity index is 201. The van der Waals surface area contributed by atoms with Crippen molar-refractivity contribution in [1.82, 2.24) is 0 Å². The molecule has 0 aromatic carbocycles. The molecule has 1 nitrogen and oxygen atoms in total. The third-order valence-electron chi connectivity index (χ3n) is 4.14. The van der Waals surface area contributed by atoms with E-state index in [4.69, 9.17) is 5.73 Å². The number of hydrogen-bond donors (Lipinski definition) is 1. The van der Waals surface area contributed by atoms with Gasteiger partial charge in [0.05, 0.1) is 0 Å². The highest BCUT2D eigenvalue weighted by molar-refractivity contribution is 4.95. The van der Waals surface area contributed by atoms with Crippen LogP contribution < -0.4 is 5.73 Å². The second-order valence-electron chi connectivity index (χ2n) is 5.36. The predicted molar refractivity (Wildman–Crippen MR) is 61.0 cm³/mol. The van der Waals surface area contributed by atoms with E-state index in [-0.39, 0.29) is 0 Å². The summed E-state index contributed by atoms with van der Waals surface area (Å²) in [6.07, 6.45) is 12.6. The lowest BCUT2D eigenvalue weighted by Gasteiger charge is -2.34. The molecule has 2 N–H and O–H groups in total. The van der Waals surface area contributed by atoms with Gasteiger partial charge in [-0.1, -0.05) is 19.1 Å². The van der Waals surface area contributed by atoms with Gasteiger partial charge >= 0.3 is 0 Å². The molecule has 80 valence electrons. The molecule has 0 aliphatic heterocycles. The summed E-state index contributed by atoms with van der Waals surface area (Å²) in [5.74, 6) is 2.76. The molecule has 1 fully saturated rings. The minimum absolute atomic E-state index is 0.491. The van der Waals surface area contributed by atoms with E-state index in [9.17, 15) is 0 Å². The smallest absolute Gasteiger partial charge is 0.00416 e. The second-order valence-corrected chi connectivity index (χ2v) is 5.36. The molecule has 2 aliphatic rings. The highest BCUT2D eigenvalue weighted by Gasteiger charge is 2.28. The standard InChI is InChI=1S/C13H23N/c1-10-6-7-13(14)9-12(10)8-11-4-2-3-5-11/h2-3,10-13H,4-9,14H2,1H3.